The third kappa shape index (κ3) is 6.53. The van der Waals surface area contributed by atoms with E-state index in [0.29, 0.717) is 5.76 Å². The average molecular weight is 566 g/mol. The summed E-state index contributed by atoms with van der Waals surface area (Å²) in [7, 11) is 0. The van der Waals surface area contributed by atoms with E-state index in [-0.39, 0.29) is 48.8 Å². The van der Waals surface area contributed by atoms with Crippen LogP contribution in [-0.2, 0) is 14.4 Å². The first-order chi connectivity index (χ1) is 19.0. The molecule has 0 spiro atoms. The molecule has 1 fully saturated rings. The molecule has 0 bridgehead atoms. The Morgan fingerprint density at radius 2 is 1.85 bits per heavy atom. The van der Waals surface area contributed by atoms with Gasteiger partial charge in [0.25, 0.3) is 0 Å². The highest BCUT2D eigenvalue weighted by molar-refractivity contribution is 7.13. The number of rotatable bonds is 10. The third-order valence-corrected chi connectivity index (χ3v) is 8.52. The van der Waals surface area contributed by atoms with E-state index in [9.17, 15) is 19.5 Å². The van der Waals surface area contributed by atoms with Crippen LogP contribution >= 0.6 is 11.3 Å². The number of hydrogen-bond donors (Lipinski definition) is 2. The molecule has 1 saturated heterocycles. The zero-order chi connectivity index (χ0) is 29.1. The number of aliphatic hydroxyl groups excluding tert-OH is 1. The zero-order valence-corrected chi connectivity index (χ0v) is 24.8. The van der Waals surface area contributed by atoms with E-state index < -0.39 is 24.1 Å². The average Bonchev–Trinajstić information content (AvgIpc) is 3.63. The Balaban J connectivity index is 1.58. The molecule has 0 aliphatic carbocycles. The molecule has 0 saturated carbocycles. The lowest BCUT2D eigenvalue weighted by Crippen LogP contribution is -2.49. The number of amides is 2. The molecular formula is C31H39N3O5S. The van der Waals surface area contributed by atoms with E-state index in [0.717, 1.165) is 27.3 Å². The van der Waals surface area contributed by atoms with Gasteiger partial charge in [0, 0.05) is 25.3 Å². The molecule has 1 aliphatic rings. The first-order valence-corrected chi connectivity index (χ1v) is 14.7. The van der Waals surface area contributed by atoms with E-state index in [4.69, 9.17) is 4.42 Å². The molecule has 4 atom stereocenters. The maximum atomic E-state index is 13.8. The van der Waals surface area contributed by atoms with Gasteiger partial charge in [-0.15, -0.1) is 11.3 Å². The number of aliphatic hydroxyl groups is 1. The normalized spacial score (nSPS) is 18.8. The van der Waals surface area contributed by atoms with Crippen molar-refractivity contribution < 1.29 is 23.9 Å². The van der Waals surface area contributed by atoms with Crippen molar-refractivity contribution in [2.24, 2.45) is 11.8 Å². The number of aromatic nitrogens is 1. The van der Waals surface area contributed by atoms with Gasteiger partial charge >= 0.3 is 0 Å². The minimum atomic E-state index is -0.851. The number of likely N-dealkylation sites (tertiary alicyclic amines) is 1. The van der Waals surface area contributed by atoms with Gasteiger partial charge in [-0.25, -0.2) is 4.98 Å². The summed E-state index contributed by atoms with van der Waals surface area (Å²) in [6.45, 7) is 11.5. The van der Waals surface area contributed by atoms with E-state index in [1.807, 2.05) is 77.4 Å². The van der Waals surface area contributed by atoms with Crippen LogP contribution in [0.5, 0.6) is 0 Å². The molecule has 2 N–H and O–H groups in total. The van der Waals surface area contributed by atoms with Crippen LogP contribution in [-0.4, -0.2) is 51.3 Å². The Kier molecular flexibility index (Phi) is 9.26. The largest absolute Gasteiger partial charge is 0.468 e. The number of β-amino-alcohol motifs (C(OH)–C–C–N with tert-alkyl or cyclic N) is 1. The predicted octanol–water partition coefficient (Wildman–Crippen LogP) is 5.19. The summed E-state index contributed by atoms with van der Waals surface area (Å²) in [5, 5.41) is 13.6. The van der Waals surface area contributed by atoms with Crippen molar-refractivity contribution >= 4 is 28.9 Å². The molecule has 3 heterocycles. The van der Waals surface area contributed by atoms with Crippen LogP contribution in [0.3, 0.4) is 0 Å². The molecule has 40 heavy (non-hydrogen) atoms. The number of Topliss-reactive ketones (excluding diaryl/α,β-unsaturated/α-hetero) is 1. The van der Waals surface area contributed by atoms with Crippen molar-refractivity contribution in [3.8, 4) is 10.4 Å². The lowest BCUT2D eigenvalue weighted by atomic mass is 9.91. The van der Waals surface area contributed by atoms with Crippen molar-refractivity contribution in [1.82, 2.24) is 15.2 Å². The Morgan fingerprint density at radius 3 is 2.40 bits per heavy atom. The van der Waals surface area contributed by atoms with Crippen LogP contribution in [0.2, 0.25) is 0 Å². The van der Waals surface area contributed by atoms with Gasteiger partial charge in [0.05, 0.1) is 40.4 Å². The zero-order valence-electron chi connectivity index (χ0n) is 24.0. The Hall–Kier alpha value is -3.30. The van der Waals surface area contributed by atoms with Crippen molar-refractivity contribution in [2.75, 3.05) is 6.54 Å². The maximum Gasteiger partial charge on any atom is 0.243 e. The fourth-order valence-electron chi connectivity index (χ4n) is 5.24. The molecule has 2 amide bonds. The van der Waals surface area contributed by atoms with E-state index >= 15 is 0 Å². The van der Waals surface area contributed by atoms with Crippen molar-refractivity contribution in [2.45, 2.75) is 78.5 Å². The first kappa shape index (κ1) is 29.7. The van der Waals surface area contributed by atoms with Crippen molar-refractivity contribution in [3.05, 3.63) is 64.7 Å². The summed E-state index contributed by atoms with van der Waals surface area (Å²) < 4.78 is 5.67. The highest BCUT2D eigenvalue weighted by Gasteiger charge is 2.43. The molecule has 1 aromatic carbocycles. The summed E-state index contributed by atoms with van der Waals surface area (Å²) in [6, 6.07) is 8.22. The number of carbonyl (C=O) groups is 3. The van der Waals surface area contributed by atoms with Crippen LogP contribution in [0.25, 0.3) is 10.4 Å². The number of carbonyl (C=O) groups excluding carboxylic acids is 3. The molecule has 3 aromatic rings. The van der Waals surface area contributed by atoms with E-state index in [1.54, 1.807) is 17.6 Å². The summed E-state index contributed by atoms with van der Waals surface area (Å²) >= 11 is 1.56. The van der Waals surface area contributed by atoms with Gasteiger partial charge in [-0.2, -0.15) is 0 Å². The quantitative estimate of drug-likeness (QED) is 0.350. The van der Waals surface area contributed by atoms with Crippen molar-refractivity contribution in [1.29, 1.82) is 0 Å². The SMILES string of the molecule is Cc1coc([C@H](C(=O)N2C[C@H](O)C[C@H]2C(=O)N[C@@H](CC(=O)C(C)C)c2ccc(-c3scnc3C)cc2)C(C)C)c1. The second kappa shape index (κ2) is 12.5. The molecular weight excluding hydrogens is 526 g/mol. The molecule has 214 valence electrons. The predicted molar refractivity (Wildman–Crippen MR) is 155 cm³/mol. The monoisotopic (exact) mass is 565 g/mol. The summed E-state index contributed by atoms with van der Waals surface area (Å²) in [5.41, 5.74) is 5.50. The Bertz CT molecular complexity index is 1340. The number of hydrogen-bond acceptors (Lipinski definition) is 7. The number of aryl methyl sites for hydroxylation is 2. The van der Waals surface area contributed by atoms with E-state index in [1.165, 1.54) is 4.90 Å². The van der Waals surface area contributed by atoms with E-state index in [2.05, 4.69) is 10.3 Å². The van der Waals surface area contributed by atoms with Gasteiger partial charge in [-0.05, 0) is 42.5 Å². The summed E-state index contributed by atoms with van der Waals surface area (Å²) in [4.78, 5) is 47.2. The number of nitrogens with one attached hydrogen (secondary N) is 1. The van der Waals surface area contributed by atoms with Crippen LogP contribution < -0.4 is 5.32 Å². The second-order valence-corrected chi connectivity index (χ2v) is 12.3. The second-order valence-electron chi connectivity index (χ2n) is 11.4. The number of ketones is 1. The summed E-state index contributed by atoms with van der Waals surface area (Å²) in [6.07, 6.45) is 1.06. The number of furan rings is 1. The maximum absolute atomic E-state index is 13.8. The fraction of sp³-hybridized carbons (Fsp3) is 0.484. The van der Waals surface area contributed by atoms with Gasteiger partial charge in [0.15, 0.2) is 0 Å². The molecule has 0 radical (unpaired) electrons. The minimum absolute atomic E-state index is 0.0279. The van der Waals surface area contributed by atoms with Gasteiger partial charge in [-0.3, -0.25) is 14.4 Å². The van der Waals surface area contributed by atoms with Crippen LogP contribution in [0, 0.1) is 25.7 Å². The van der Waals surface area contributed by atoms with Gasteiger partial charge in [0.2, 0.25) is 11.8 Å². The standard InChI is InChI=1S/C31H39N3O5S/c1-17(2)26(36)13-24(21-7-9-22(10-8-21)29-20(6)32-16-40-29)33-30(37)25-12-23(35)14-34(25)31(38)28(18(3)4)27-11-19(5)15-39-27/h7-11,15-18,23-25,28,35H,12-14H2,1-6H3,(H,33,37)/t23-,24+,25+,28-/m1/s1. The molecule has 9 heteroatoms. The van der Waals surface area contributed by atoms with Gasteiger partial charge < -0.3 is 19.7 Å². The summed E-state index contributed by atoms with van der Waals surface area (Å²) in [5.74, 6) is -0.887. The van der Waals surface area contributed by atoms with Gasteiger partial charge in [-0.1, -0.05) is 52.0 Å². The molecule has 4 rings (SSSR count). The van der Waals surface area contributed by atoms with Crippen LogP contribution in [0.15, 0.2) is 46.5 Å². The lowest BCUT2D eigenvalue weighted by Gasteiger charge is -2.30. The topological polar surface area (TPSA) is 113 Å². The smallest absolute Gasteiger partial charge is 0.243 e. The Labute approximate surface area is 239 Å². The number of benzene rings is 1. The first-order valence-electron chi connectivity index (χ1n) is 13.8. The molecule has 8 nitrogen and oxygen atoms in total. The number of thiazole rings is 1. The van der Waals surface area contributed by atoms with Crippen LogP contribution in [0.1, 0.15) is 75.1 Å². The highest BCUT2D eigenvalue weighted by atomic mass is 32.1. The highest BCUT2D eigenvalue weighted by Crippen LogP contribution is 2.33. The number of nitrogens with zero attached hydrogens (tertiary/aromatic N) is 2. The van der Waals surface area contributed by atoms with Crippen LogP contribution in [0.4, 0.5) is 0 Å². The molecule has 1 aliphatic heterocycles. The van der Waals surface area contributed by atoms with Gasteiger partial charge in [0.1, 0.15) is 17.6 Å². The molecule has 0 unspecified atom stereocenters. The fourth-order valence-corrected chi connectivity index (χ4v) is 6.05. The molecule has 2 aromatic heterocycles. The third-order valence-electron chi connectivity index (χ3n) is 7.54. The Morgan fingerprint density at radius 1 is 1.15 bits per heavy atom. The lowest BCUT2D eigenvalue weighted by molar-refractivity contribution is -0.141. The van der Waals surface area contributed by atoms with Crippen molar-refractivity contribution in [3.63, 3.8) is 0 Å². The minimum Gasteiger partial charge on any atom is -0.468 e.